The van der Waals surface area contributed by atoms with E-state index in [4.69, 9.17) is 0 Å². The van der Waals surface area contributed by atoms with Crippen LogP contribution >= 0.6 is 0 Å². The van der Waals surface area contributed by atoms with Crippen LogP contribution in [0.2, 0.25) is 0 Å². The van der Waals surface area contributed by atoms with Crippen molar-refractivity contribution in [1.29, 1.82) is 0 Å². The molecule has 3 rings (SSSR count). The first-order valence-electron chi connectivity index (χ1n) is 5.89. The minimum Gasteiger partial charge on any atom is -0.357 e. The zero-order valence-electron chi connectivity index (χ0n) is 10.7. The molecular formula is C12H9F3N6. The Bertz CT molecular complexity index is 816. The van der Waals surface area contributed by atoms with E-state index in [0.717, 1.165) is 6.07 Å². The van der Waals surface area contributed by atoms with Crippen LogP contribution in [0.5, 0.6) is 0 Å². The van der Waals surface area contributed by atoms with E-state index in [0.29, 0.717) is 17.1 Å². The highest BCUT2D eigenvalue weighted by Gasteiger charge is 2.14. The van der Waals surface area contributed by atoms with Gasteiger partial charge in [-0.3, -0.25) is 5.10 Å². The van der Waals surface area contributed by atoms with Crippen molar-refractivity contribution in [2.45, 2.75) is 0 Å². The number of aromatic nitrogens is 4. The number of nitrogens with zero attached hydrogens (tertiary/aromatic N) is 3. The maximum absolute atomic E-state index is 13.7. The van der Waals surface area contributed by atoms with Gasteiger partial charge in [0, 0.05) is 19.2 Å². The van der Waals surface area contributed by atoms with Gasteiger partial charge >= 0.3 is 0 Å². The number of anilines is 3. The van der Waals surface area contributed by atoms with Gasteiger partial charge in [0.05, 0.1) is 17.3 Å². The minimum absolute atomic E-state index is 0.211. The SMILES string of the molecule is CNc1nc(Nc2cc(F)c(F)cc2F)c2cn[nH]c2n1. The molecule has 0 saturated carbocycles. The largest absolute Gasteiger partial charge is 0.357 e. The topological polar surface area (TPSA) is 78.5 Å². The summed E-state index contributed by atoms with van der Waals surface area (Å²) in [6.45, 7) is 0. The van der Waals surface area contributed by atoms with Gasteiger partial charge in [-0.1, -0.05) is 0 Å². The third-order valence-electron chi connectivity index (χ3n) is 2.80. The number of aromatic amines is 1. The molecule has 0 fully saturated rings. The maximum atomic E-state index is 13.7. The molecule has 0 amide bonds. The van der Waals surface area contributed by atoms with Crippen molar-refractivity contribution in [3.8, 4) is 0 Å². The van der Waals surface area contributed by atoms with E-state index in [9.17, 15) is 13.2 Å². The molecule has 0 atom stereocenters. The standard InChI is InChI=1S/C12H9F3N6/c1-16-12-19-10(5-4-17-21-11(5)20-12)18-9-3-7(14)6(13)2-8(9)15/h2-4H,1H3,(H3,16,17,18,19,20,21). The number of rotatable bonds is 3. The molecule has 2 heterocycles. The lowest BCUT2D eigenvalue weighted by molar-refractivity contribution is 0.496. The first-order chi connectivity index (χ1) is 10.1. The first kappa shape index (κ1) is 13.2. The van der Waals surface area contributed by atoms with E-state index >= 15 is 0 Å². The third-order valence-corrected chi connectivity index (χ3v) is 2.80. The number of fused-ring (bicyclic) bond motifs is 1. The van der Waals surface area contributed by atoms with Gasteiger partial charge < -0.3 is 10.6 Å². The molecule has 9 heteroatoms. The highest BCUT2D eigenvalue weighted by molar-refractivity contribution is 5.89. The van der Waals surface area contributed by atoms with Crippen molar-refractivity contribution in [2.75, 3.05) is 17.7 Å². The van der Waals surface area contributed by atoms with Crippen molar-refractivity contribution in [1.82, 2.24) is 20.2 Å². The molecule has 0 aliphatic heterocycles. The van der Waals surface area contributed by atoms with Gasteiger partial charge in [-0.25, -0.2) is 13.2 Å². The van der Waals surface area contributed by atoms with Gasteiger partial charge in [-0.15, -0.1) is 0 Å². The molecule has 0 spiro atoms. The molecule has 0 unspecified atom stereocenters. The molecule has 1 aromatic carbocycles. The highest BCUT2D eigenvalue weighted by atomic mass is 19.2. The van der Waals surface area contributed by atoms with E-state index in [1.165, 1.54) is 6.20 Å². The first-order valence-corrected chi connectivity index (χ1v) is 5.89. The highest BCUT2D eigenvalue weighted by Crippen LogP contribution is 2.26. The Hall–Kier alpha value is -2.84. The lowest BCUT2D eigenvalue weighted by Gasteiger charge is -2.09. The van der Waals surface area contributed by atoms with Crippen molar-refractivity contribution in [3.05, 3.63) is 35.8 Å². The van der Waals surface area contributed by atoms with Crippen LogP contribution in [0.3, 0.4) is 0 Å². The monoisotopic (exact) mass is 294 g/mol. The van der Waals surface area contributed by atoms with E-state index in [1.807, 2.05) is 0 Å². The number of benzene rings is 1. The second-order valence-corrected chi connectivity index (χ2v) is 4.15. The number of halogens is 3. The van der Waals surface area contributed by atoms with E-state index in [1.54, 1.807) is 7.05 Å². The van der Waals surface area contributed by atoms with E-state index < -0.39 is 17.5 Å². The molecule has 0 radical (unpaired) electrons. The number of H-pyrrole nitrogens is 1. The molecule has 0 bridgehead atoms. The number of hydrogen-bond acceptors (Lipinski definition) is 5. The van der Waals surface area contributed by atoms with Gasteiger partial charge in [-0.05, 0) is 0 Å². The van der Waals surface area contributed by atoms with Crippen molar-refractivity contribution in [3.63, 3.8) is 0 Å². The predicted octanol–water partition coefficient (Wildman–Crippen LogP) is 2.56. The average molecular weight is 294 g/mol. The van der Waals surface area contributed by atoms with Crippen LogP contribution in [0.25, 0.3) is 11.0 Å². The van der Waals surface area contributed by atoms with Gasteiger partial charge in [0.1, 0.15) is 11.6 Å². The van der Waals surface area contributed by atoms with Gasteiger partial charge in [0.25, 0.3) is 0 Å². The molecule has 3 aromatic rings. The zero-order valence-corrected chi connectivity index (χ0v) is 10.7. The van der Waals surface area contributed by atoms with Crippen molar-refractivity contribution >= 4 is 28.5 Å². The zero-order chi connectivity index (χ0) is 15.0. The fourth-order valence-electron chi connectivity index (χ4n) is 1.79. The number of hydrogen-bond donors (Lipinski definition) is 3. The van der Waals surface area contributed by atoms with Crippen LogP contribution in [-0.2, 0) is 0 Å². The Morgan fingerprint density at radius 3 is 2.57 bits per heavy atom. The van der Waals surface area contributed by atoms with Crippen LogP contribution in [0, 0.1) is 17.5 Å². The molecule has 6 nitrogen and oxygen atoms in total. The number of nitrogens with one attached hydrogen (secondary N) is 3. The average Bonchev–Trinajstić information content (AvgIpc) is 2.93. The maximum Gasteiger partial charge on any atom is 0.226 e. The Balaban J connectivity index is 2.09. The van der Waals surface area contributed by atoms with Gasteiger partial charge in [-0.2, -0.15) is 15.1 Å². The van der Waals surface area contributed by atoms with Gasteiger partial charge in [0.2, 0.25) is 5.95 Å². The lowest BCUT2D eigenvalue weighted by Crippen LogP contribution is -2.03. The summed E-state index contributed by atoms with van der Waals surface area (Å²) in [7, 11) is 1.61. The predicted molar refractivity (Wildman–Crippen MR) is 70.8 cm³/mol. The minimum atomic E-state index is -1.26. The fourth-order valence-corrected chi connectivity index (χ4v) is 1.79. The summed E-state index contributed by atoms with van der Waals surface area (Å²) in [4.78, 5) is 8.21. The second kappa shape index (κ2) is 4.93. The van der Waals surface area contributed by atoms with E-state index in [2.05, 4.69) is 30.8 Å². The summed E-state index contributed by atoms with van der Waals surface area (Å²) in [5.41, 5.74) is 0.178. The molecule has 21 heavy (non-hydrogen) atoms. The molecule has 108 valence electrons. The summed E-state index contributed by atoms with van der Waals surface area (Å²) < 4.78 is 39.8. The molecule has 3 N–H and O–H groups in total. The summed E-state index contributed by atoms with van der Waals surface area (Å²) >= 11 is 0. The van der Waals surface area contributed by atoms with Crippen LogP contribution < -0.4 is 10.6 Å². The smallest absolute Gasteiger partial charge is 0.226 e. The summed E-state index contributed by atoms with van der Waals surface area (Å²) in [5, 5.41) is 12.3. The summed E-state index contributed by atoms with van der Waals surface area (Å²) in [6.07, 6.45) is 1.44. The lowest BCUT2D eigenvalue weighted by atomic mass is 10.2. The van der Waals surface area contributed by atoms with Crippen molar-refractivity contribution in [2.24, 2.45) is 0 Å². The van der Waals surface area contributed by atoms with Crippen LogP contribution in [0.4, 0.5) is 30.6 Å². The Morgan fingerprint density at radius 2 is 1.81 bits per heavy atom. The summed E-state index contributed by atoms with van der Waals surface area (Å²) in [5.74, 6) is -2.88. The Morgan fingerprint density at radius 1 is 1.05 bits per heavy atom. The Kier molecular flexibility index (Phi) is 3.09. The van der Waals surface area contributed by atoms with Crippen LogP contribution in [-0.4, -0.2) is 27.2 Å². The van der Waals surface area contributed by atoms with Crippen molar-refractivity contribution < 1.29 is 13.2 Å². The second-order valence-electron chi connectivity index (χ2n) is 4.15. The molecule has 0 aliphatic carbocycles. The fraction of sp³-hybridized carbons (Fsp3) is 0.0833. The third kappa shape index (κ3) is 2.33. The Labute approximate surface area is 116 Å². The van der Waals surface area contributed by atoms with Crippen LogP contribution in [0.1, 0.15) is 0 Å². The molecule has 0 saturated heterocycles. The van der Waals surface area contributed by atoms with Gasteiger partial charge in [0.15, 0.2) is 17.3 Å². The van der Waals surface area contributed by atoms with E-state index in [-0.39, 0.29) is 17.5 Å². The molecule has 0 aliphatic rings. The quantitative estimate of drug-likeness (QED) is 0.647. The molecular weight excluding hydrogens is 285 g/mol. The van der Waals surface area contributed by atoms with Crippen LogP contribution in [0.15, 0.2) is 18.3 Å². The normalized spacial score (nSPS) is 10.9. The summed E-state index contributed by atoms with van der Waals surface area (Å²) in [6, 6.07) is 1.18. The molecule has 2 aromatic heterocycles.